The molecule has 152 valence electrons. The number of rotatable bonds is 17. The summed E-state index contributed by atoms with van der Waals surface area (Å²) in [6.07, 6.45) is 28.6. The highest BCUT2D eigenvalue weighted by Crippen LogP contribution is 2.16. The van der Waals surface area contributed by atoms with Crippen molar-refractivity contribution >= 4 is 0 Å². The van der Waals surface area contributed by atoms with E-state index in [0.29, 0.717) is 0 Å². The summed E-state index contributed by atoms with van der Waals surface area (Å²) in [6, 6.07) is 0. The Labute approximate surface area is 162 Å². The summed E-state index contributed by atoms with van der Waals surface area (Å²) in [5.74, 6) is 0. The van der Waals surface area contributed by atoms with Gasteiger partial charge in [-0.25, -0.2) is 0 Å². The van der Waals surface area contributed by atoms with Gasteiger partial charge in [0.2, 0.25) is 0 Å². The van der Waals surface area contributed by atoms with E-state index in [-0.39, 0.29) is 6.17 Å². The first kappa shape index (κ1) is 23.1. The maximum Gasteiger partial charge on any atom is 0.125 e. The monoisotopic (exact) mass is 364 g/mol. The van der Waals surface area contributed by atoms with E-state index in [2.05, 4.69) is 24.4 Å². The standard InChI is InChI=1S/C23H44N2O/c1-3-4-5-6-7-8-9-10-11-12-13-14-15-16-17-18-19-23-24-20-21-25(23)22(2)26/h8-9,20-24,26H,3-7,10-19H2,1-2H3/b9-8+. The molecule has 1 aliphatic rings. The predicted octanol–water partition coefficient (Wildman–Crippen LogP) is 6.45. The summed E-state index contributed by atoms with van der Waals surface area (Å²) in [5, 5.41) is 13.0. The molecule has 0 amide bonds. The van der Waals surface area contributed by atoms with Crippen molar-refractivity contribution in [3.63, 3.8) is 0 Å². The fourth-order valence-electron chi connectivity index (χ4n) is 3.63. The molecular formula is C23H44N2O. The zero-order valence-corrected chi connectivity index (χ0v) is 17.5. The predicted molar refractivity (Wildman–Crippen MR) is 114 cm³/mol. The molecule has 0 spiro atoms. The van der Waals surface area contributed by atoms with Crippen molar-refractivity contribution in [3.8, 4) is 0 Å². The summed E-state index contributed by atoms with van der Waals surface area (Å²) in [5.41, 5.74) is 0. The van der Waals surface area contributed by atoms with Crippen molar-refractivity contribution in [2.45, 2.75) is 123 Å². The van der Waals surface area contributed by atoms with Gasteiger partial charge in [0, 0.05) is 12.4 Å². The summed E-state index contributed by atoms with van der Waals surface area (Å²) in [4.78, 5) is 2.00. The molecule has 0 aromatic rings. The van der Waals surface area contributed by atoms with Crippen molar-refractivity contribution in [2.75, 3.05) is 0 Å². The van der Waals surface area contributed by atoms with Gasteiger partial charge in [-0.3, -0.25) is 0 Å². The van der Waals surface area contributed by atoms with Gasteiger partial charge in [0.25, 0.3) is 0 Å². The lowest BCUT2D eigenvalue weighted by atomic mass is 10.1. The average Bonchev–Trinajstić information content (AvgIpc) is 3.10. The Morgan fingerprint density at radius 3 is 2.00 bits per heavy atom. The van der Waals surface area contributed by atoms with E-state index in [4.69, 9.17) is 0 Å². The minimum absolute atomic E-state index is 0.287. The van der Waals surface area contributed by atoms with Crippen LogP contribution in [0.4, 0.5) is 0 Å². The largest absolute Gasteiger partial charge is 0.374 e. The van der Waals surface area contributed by atoms with Gasteiger partial charge < -0.3 is 15.3 Å². The zero-order chi connectivity index (χ0) is 18.9. The Bertz CT molecular complexity index is 365. The topological polar surface area (TPSA) is 35.5 Å². The third-order valence-corrected chi connectivity index (χ3v) is 5.32. The maximum absolute atomic E-state index is 9.69. The molecule has 3 heteroatoms. The molecule has 1 aliphatic heterocycles. The van der Waals surface area contributed by atoms with E-state index in [1.807, 2.05) is 24.2 Å². The van der Waals surface area contributed by atoms with E-state index >= 15 is 0 Å². The molecule has 0 fully saturated rings. The minimum atomic E-state index is -0.401. The number of aliphatic hydroxyl groups is 1. The van der Waals surface area contributed by atoms with Gasteiger partial charge in [0.15, 0.2) is 0 Å². The number of allylic oxidation sites excluding steroid dienone is 2. The van der Waals surface area contributed by atoms with E-state index in [9.17, 15) is 5.11 Å². The van der Waals surface area contributed by atoms with Gasteiger partial charge in [0.05, 0.1) is 0 Å². The molecule has 26 heavy (non-hydrogen) atoms. The Morgan fingerprint density at radius 2 is 1.42 bits per heavy atom. The van der Waals surface area contributed by atoms with Gasteiger partial charge in [-0.05, 0) is 45.4 Å². The zero-order valence-electron chi connectivity index (χ0n) is 17.5. The number of nitrogens with one attached hydrogen (secondary N) is 1. The molecule has 3 nitrogen and oxygen atoms in total. The van der Waals surface area contributed by atoms with Crippen LogP contribution in [0.5, 0.6) is 0 Å². The van der Waals surface area contributed by atoms with Crippen LogP contribution in [0.2, 0.25) is 0 Å². The number of unbranched alkanes of at least 4 members (excludes halogenated alkanes) is 12. The second kappa shape index (κ2) is 16.2. The summed E-state index contributed by atoms with van der Waals surface area (Å²) < 4.78 is 0. The summed E-state index contributed by atoms with van der Waals surface area (Å²) in [6.45, 7) is 4.10. The molecule has 0 saturated heterocycles. The highest BCUT2D eigenvalue weighted by atomic mass is 16.3. The Hall–Kier alpha value is -0.960. The van der Waals surface area contributed by atoms with Gasteiger partial charge >= 0.3 is 0 Å². The maximum atomic E-state index is 9.69. The lowest BCUT2D eigenvalue weighted by Crippen LogP contribution is -2.40. The van der Waals surface area contributed by atoms with E-state index in [0.717, 1.165) is 6.42 Å². The van der Waals surface area contributed by atoms with Gasteiger partial charge in [-0.2, -0.15) is 0 Å². The second-order valence-electron chi connectivity index (χ2n) is 7.80. The van der Waals surface area contributed by atoms with Crippen molar-refractivity contribution < 1.29 is 5.11 Å². The molecule has 0 aliphatic carbocycles. The van der Waals surface area contributed by atoms with Crippen molar-refractivity contribution in [1.82, 2.24) is 10.2 Å². The fraction of sp³-hybridized carbons (Fsp3) is 0.826. The third-order valence-electron chi connectivity index (χ3n) is 5.32. The van der Waals surface area contributed by atoms with Crippen molar-refractivity contribution in [1.29, 1.82) is 0 Å². The smallest absolute Gasteiger partial charge is 0.125 e. The highest BCUT2D eigenvalue weighted by molar-refractivity contribution is 4.94. The first-order valence-corrected chi connectivity index (χ1v) is 11.3. The normalized spacial score (nSPS) is 18.0. The van der Waals surface area contributed by atoms with Crippen LogP contribution in [0.15, 0.2) is 24.6 Å². The Balaban J connectivity index is 1.79. The van der Waals surface area contributed by atoms with Crippen LogP contribution in [-0.2, 0) is 0 Å². The van der Waals surface area contributed by atoms with Crippen LogP contribution in [0.1, 0.15) is 110 Å². The quantitative estimate of drug-likeness (QED) is 0.230. The molecule has 0 saturated carbocycles. The number of aliphatic hydroxyl groups excluding tert-OH is 1. The van der Waals surface area contributed by atoms with E-state index in [1.54, 1.807) is 0 Å². The van der Waals surface area contributed by atoms with Gasteiger partial charge in [-0.15, -0.1) is 0 Å². The molecular weight excluding hydrogens is 320 g/mol. The van der Waals surface area contributed by atoms with E-state index in [1.165, 1.54) is 89.9 Å². The van der Waals surface area contributed by atoms with Crippen LogP contribution >= 0.6 is 0 Å². The molecule has 1 heterocycles. The van der Waals surface area contributed by atoms with Crippen LogP contribution < -0.4 is 5.32 Å². The second-order valence-corrected chi connectivity index (χ2v) is 7.80. The summed E-state index contributed by atoms with van der Waals surface area (Å²) in [7, 11) is 0. The van der Waals surface area contributed by atoms with Gasteiger partial charge in [0.1, 0.15) is 12.4 Å². The number of nitrogens with zero attached hydrogens (tertiary/aromatic N) is 1. The highest BCUT2D eigenvalue weighted by Gasteiger charge is 2.20. The van der Waals surface area contributed by atoms with Crippen LogP contribution in [0, 0.1) is 0 Å². The lowest BCUT2D eigenvalue weighted by molar-refractivity contribution is 0.0254. The SMILES string of the molecule is CCCCCC/C=C/CCCCCCCCCCC1NC=CN1C(C)O. The number of hydrogen-bond donors (Lipinski definition) is 2. The van der Waals surface area contributed by atoms with Crippen LogP contribution in [0.3, 0.4) is 0 Å². The van der Waals surface area contributed by atoms with Crippen LogP contribution in [0.25, 0.3) is 0 Å². The molecule has 2 unspecified atom stereocenters. The minimum Gasteiger partial charge on any atom is -0.374 e. The third kappa shape index (κ3) is 11.6. The van der Waals surface area contributed by atoms with Crippen molar-refractivity contribution in [3.05, 3.63) is 24.6 Å². The Morgan fingerprint density at radius 1 is 0.885 bits per heavy atom. The summed E-state index contributed by atoms with van der Waals surface area (Å²) >= 11 is 0. The Kier molecular flexibility index (Phi) is 14.4. The van der Waals surface area contributed by atoms with E-state index < -0.39 is 6.23 Å². The molecule has 1 rings (SSSR count). The molecule has 0 radical (unpaired) electrons. The van der Waals surface area contributed by atoms with Crippen LogP contribution in [-0.4, -0.2) is 22.4 Å². The molecule has 2 atom stereocenters. The van der Waals surface area contributed by atoms with Gasteiger partial charge in [-0.1, -0.05) is 76.9 Å². The lowest BCUT2D eigenvalue weighted by Gasteiger charge is -2.28. The average molecular weight is 365 g/mol. The van der Waals surface area contributed by atoms with Crippen molar-refractivity contribution in [2.24, 2.45) is 0 Å². The molecule has 0 aromatic heterocycles. The first-order valence-electron chi connectivity index (χ1n) is 11.3. The first-order chi connectivity index (χ1) is 12.8. The molecule has 2 N–H and O–H groups in total. The molecule has 0 aromatic carbocycles. The molecule has 0 bridgehead atoms. The fourth-order valence-corrected chi connectivity index (χ4v) is 3.63. The number of hydrogen-bond acceptors (Lipinski definition) is 3.